The van der Waals surface area contributed by atoms with Crippen LogP contribution in [0.4, 0.5) is 0 Å². The standard InChI is InChI=1S/C21H37N/c1-5-7-8-9-10-11-12-13-15-19-16-14-17-20(18(19)3)21(4,22)6-2/h14,16-17H,5-13,15,22H2,1-4H3. The Morgan fingerprint density at radius 2 is 1.50 bits per heavy atom. The zero-order chi connectivity index (χ0) is 16.4. The van der Waals surface area contributed by atoms with Gasteiger partial charge in [0.05, 0.1) is 0 Å². The van der Waals surface area contributed by atoms with Crippen LogP contribution >= 0.6 is 0 Å². The zero-order valence-electron chi connectivity index (χ0n) is 15.4. The van der Waals surface area contributed by atoms with Crippen molar-refractivity contribution in [3.8, 4) is 0 Å². The Labute approximate surface area is 138 Å². The monoisotopic (exact) mass is 303 g/mol. The molecule has 126 valence electrons. The third-order valence-corrected chi connectivity index (χ3v) is 5.10. The fourth-order valence-corrected chi connectivity index (χ4v) is 3.21. The van der Waals surface area contributed by atoms with E-state index in [2.05, 4.69) is 45.9 Å². The maximum atomic E-state index is 6.44. The van der Waals surface area contributed by atoms with Gasteiger partial charge in [-0.25, -0.2) is 0 Å². The average Bonchev–Trinajstić information content (AvgIpc) is 2.51. The summed E-state index contributed by atoms with van der Waals surface area (Å²) in [7, 11) is 0. The third kappa shape index (κ3) is 6.12. The number of rotatable bonds is 11. The first-order chi connectivity index (χ1) is 10.5. The Kier molecular flexibility index (Phi) is 8.78. The van der Waals surface area contributed by atoms with Crippen molar-refractivity contribution in [1.82, 2.24) is 0 Å². The second kappa shape index (κ2) is 10.0. The molecule has 0 aliphatic heterocycles. The van der Waals surface area contributed by atoms with Crippen molar-refractivity contribution in [2.24, 2.45) is 5.73 Å². The summed E-state index contributed by atoms with van der Waals surface area (Å²) in [5, 5.41) is 0. The summed E-state index contributed by atoms with van der Waals surface area (Å²) in [6, 6.07) is 6.67. The Balaban J connectivity index is 2.39. The molecule has 2 N–H and O–H groups in total. The molecule has 0 radical (unpaired) electrons. The first kappa shape index (κ1) is 19.2. The van der Waals surface area contributed by atoms with Crippen LogP contribution in [0.5, 0.6) is 0 Å². The van der Waals surface area contributed by atoms with E-state index in [-0.39, 0.29) is 5.54 Å². The van der Waals surface area contributed by atoms with Gasteiger partial charge in [0.1, 0.15) is 0 Å². The summed E-state index contributed by atoms with van der Waals surface area (Å²) in [4.78, 5) is 0. The van der Waals surface area contributed by atoms with Gasteiger partial charge in [-0.2, -0.15) is 0 Å². The van der Waals surface area contributed by atoms with Gasteiger partial charge in [-0.05, 0) is 49.8 Å². The number of aryl methyl sites for hydroxylation is 1. The van der Waals surface area contributed by atoms with E-state index >= 15 is 0 Å². The molecule has 1 unspecified atom stereocenters. The molecular weight excluding hydrogens is 266 g/mol. The van der Waals surface area contributed by atoms with Gasteiger partial charge >= 0.3 is 0 Å². The lowest BCUT2D eigenvalue weighted by molar-refractivity contribution is 0.473. The smallest absolute Gasteiger partial charge is 0.0381 e. The van der Waals surface area contributed by atoms with Crippen molar-refractivity contribution >= 4 is 0 Å². The summed E-state index contributed by atoms with van der Waals surface area (Å²) in [5.41, 5.74) is 10.5. The van der Waals surface area contributed by atoms with Crippen molar-refractivity contribution < 1.29 is 0 Å². The first-order valence-corrected chi connectivity index (χ1v) is 9.40. The minimum Gasteiger partial charge on any atom is -0.322 e. The van der Waals surface area contributed by atoms with E-state index in [9.17, 15) is 0 Å². The minimum atomic E-state index is -0.195. The predicted octanol–water partition coefficient (Wildman–Crippen LogP) is 6.26. The summed E-state index contributed by atoms with van der Waals surface area (Å²) in [6.07, 6.45) is 13.3. The molecule has 22 heavy (non-hydrogen) atoms. The molecule has 0 aliphatic carbocycles. The van der Waals surface area contributed by atoms with Crippen LogP contribution in [0.2, 0.25) is 0 Å². The van der Waals surface area contributed by atoms with Crippen molar-refractivity contribution in [2.75, 3.05) is 0 Å². The van der Waals surface area contributed by atoms with Crippen LogP contribution in [-0.2, 0) is 12.0 Å². The molecule has 0 aliphatic rings. The average molecular weight is 304 g/mol. The highest BCUT2D eigenvalue weighted by Gasteiger charge is 2.21. The maximum Gasteiger partial charge on any atom is 0.0381 e. The largest absolute Gasteiger partial charge is 0.322 e. The van der Waals surface area contributed by atoms with E-state index in [1.165, 1.54) is 74.5 Å². The van der Waals surface area contributed by atoms with E-state index < -0.39 is 0 Å². The second-order valence-corrected chi connectivity index (χ2v) is 7.09. The Hall–Kier alpha value is -0.820. The number of nitrogens with two attached hydrogens (primary N) is 1. The molecule has 0 saturated carbocycles. The van der Waals surface area contributed by atoms with Crippen LogP contribution in [-0.4, -0.2) is 0 Å². The number of benzene rings is 1. The molecule has 0 saturated heterocycles. The van der Waals surface area contributed by atoms with E-state index in [1.807, 2.05) is 0 Å². The molecule has 1 nitrogen and oxygen atoms in total. The molecule has 0 amide bonds. The van der Waals surface area contributed by atoms with Gasteiger partial charge in [0.25, 0.3) is 0 Å². The molecule has 0 fully saturated rings. The topological polar surface area (TPSA) is 26.0 Å². The zero-order valence-corrected chi connectivity index (χ0v) is 15.4. The second-order valence-electron chi connectivity index (χ2n) is 7.09. The van der Waals surface area contributed by atoms with Gasteiger partial charge in [-0.3, -0.25) is 0 Å². The van der Waals surface area contributed by atoms with E-state index in [0.29, 0.717) is 0 Å². The highest BCUT2D eigenvalue weighted by molar-refractivity contribution is 5.38. The highest BCUT2D eigenvalue weighted by atomic mass is 14.7. The molecule has 1 heteroatoms. The fourth-order valence-electron chi connectivity index (χ4n) is 3.21. The van der Waals surface area contributed by atoms with Gasteiger partial charge < -0.3 is 5.73 Å². The summed E-state index contributed by atoms with van der Waals surface area (Å²) >= 11 is 0. The maximum absolute atomic E-state index is 6.44. The lowest BCUT2D eigenvalue weighted by Crippen LogP contribution is -2.33. The van der Waals surface area contributed by atoms with Gasteiger partial charge in [-0.1, -0.05) is 77.0 Å². The molecule has 0 aromatic heterocycles. The summed E-state index contributed by atoms with van der Waals surface area (Å²) in [6.45, 7) is 8.84. The number of hydrogen-bond acceptors (Lipinski definition) is 1. The Bertz CT molecular complexity index is 420. The fraction of sp³-hybridized carbons (Fsp3) is 0.714. The van der Waals surface area contributed by atoms with Crippen LogP contribution in [0.25, 0.3) is 0 Å². The van der Waals surface area contributed by atoms with Gasteiger partial charge in [-0.15, -0.1) is 0 Å². The van der Waals surface area contributed by atoms with E-state index in [0.717, 1.165) is 6.42 Å². The molecular formula is C21H37N. The molecule has 1 rings (SSSR count). The highest BCUT2D eigenvalue weighted by Crippen LogP contribution is 2.27. The summed E-state index contributed by atoms with van der Waals surface area (Å²) in [5.74, 6) is 0. The third-order valence-electron chi connectivity index (χ3n) is 5.10. The molecule has 0 spiro atoms. The molecule has 0 bridgehead atoms. The van der Waals surface area contributed by atoms with E-state index in [4.69, 9.17) is 5.73 Å². The lowest BCUT2D eigenvalue weighted by Gasteiger charge is -2.26. The predicted molar refractivity (Wildman–Crippen MR) is 99.3 cm³/mol. The van der Waals surface area contributed by atoms with Gasteiger partial charge in [0.2, 0.25) is 0 Å². The van der Waals surface area contributed by atoms with Crippen LogP contribution in [0.1, 0.15) is 95.2 Å². The van der Waals surface area contributed by atoms with Crippen molar-refractivity contribution in [3.05, 3.63) is 34.9 Å². The van der Waals surface area contributed by atoms with Crippen LogP contribution in [0.15, 0.2) is 18.2 Å². The van der Waals surface area contributed by atoms with Crippen molar-refractivity contribution in [1.29, 1.82) is 0 Å². The molecule has 0 heterocycles. The van der Waals surface area contributed by atoms with Crippen LogP contribution in [0, 0.1) is 6.92 Å². The van der Waals surface area contributed by atoms with Crippen LogP contribution in [0.3, 0.4) is 0 Å². The van der Waals surface area contributed by atoms with Crippen molar-refractivity contribution in [3.63, 3.8) is 0 Å². The first-order valence-electron chi connectivity index (χ1n) is 9.40. The lowest BCUT2D eigenvalue weighted by atomic mass is 9.84. The number of unbranched alkanes of at least 4 members (excludes halogenated alkanes) is 7. The van der Waals surface area contributed by atoms with E-state index in [1.54, 1.807) is 0 Å². The Morgan fingerprint density at radius 1 is 0.909 bits per heavy atom. The summed E-state index contributed by atoms with van der Waals surface area (Å²) < 4.78 is 0. The molecule has 1 aromatic carbocycles. The SMILES string of the molecule is CCCCCCCCCCc1cccc(C(C)(N)CC)c1C. The normalized spacial score (nSPS) is 14.0. The molecule has 1 aromatic rings. The van der Waals surface area contributed by atoms with Gasteiger partial charge in [0, 0.05) is 5.54 Å². The van der Waals surface area contributed by atoms with Crippen molar-refractivity contribution in [2.45, 2.75) is 97.4 Å². The molecule has 1 atom stereocenters. The minimum absolute atomic E-state index is 0.195. The quantitative estimate of drug-likeness (QED) is 0.479. The number of hydrogen-bond donors (Lipinski definition) is 1. The Morgan fingerprint density at radius 3 is 2.09 bits per heavy atom. The van der Waals surface area contributed by atoms with Gasteiger partial charge in [0.15, 0.2) is 0 Å². The van der Waals surface area contributed by atoms with Crippen LogP contribution < -0.4 is 5.73 Å².